The number of hydrogen-bond acceptors (Lipinski definition) is 6. The van der Waals surface area contributed by atoms with Crippen LogP contribution in [0.5, 0.6) is 11.5 Å². The van der Waals surface area contributed by atoms with E-state index in [9.17, 15) is 9.59 Å². The van der Waals surface area contributed by atoms with Crippen LogP contribution in [0.4, 0.5) is 0 Å². The Labute approximate surface area is 107 Å². The van der Waals surface area contributed by atoms with Crippen molar-refractivity contribution in [1.29, 1.82) is 0 Å². The van der Waals surface area contributed by atoms with Crippen LogP contribution in [0.3, 0.4) is 0 Å². The first kappa shape index (κ1) is 12.6. The zero-order chi connectivity index (χ0) is 13.8. The van der Waals surface area contributed by atoms with Crippen LogP contribution in [0, 0.1) is 0 Å². The molecule has 0 spiro atoms. The minimum absolute atomic E-state index is 0.222. The molecule has 2 aromatic rings. The first-order valence-electron chi connectivity index (χ1n) is 5.16. The van der Waals surface area contributed by atoms with Crippen LogP contribution in [0.2, 0.25) is 0 Å². The van der Waals surface area contributed by atoms with E-state index in [-0.39, 0.29) is 11.4 Å². The van der Waals surface area contributed by atoms with E-state index in [4.69, 9.17) is 14.6 Å². The van der Waals surface area contributed by atoms with E-state index in [1.165, 1.54) is 13.2 Å². The summed E-state index contributed by atoms with van der Waals surface area (Å²) in [6.07, 6.45) is 0. The number of aromatic nitrogens is 1. The third-order valence-electron chi connectivity index (χ3n) is 2.18. The minimum Gasteiger partial charge on any atom is -0.497 e. The molecule has 0 aliphatic heterocycles. The zero-order valence-corrected chi connectivity index (χ0v) is 9.82. The molecule has 0 bridgehead atoms. The van der Waals surface area contributed by atoms with Gasteiger partial charge in [-0.05, 0) is 12.1 Å². The van der Waals surface area contributed by atoms with E-state index in [1.54, 1.807) is 18.2 Å². The van der Waals surface area contributed by atoms with Gasteiger partial charge in [0, 0.05) is 12.1 Å². The Morgan fingerprint density at radius 1 is 1.26 bits per heavy atom. The van der Waals surface area contributed by atoms with E-state index < -0.39 is 17.7 Å². The molecule has 98 valence electrons. The smallest absolute Gasteiger partial charge is 0.374 e. The number of carbonyl (C=O) groups excluding carboxylic acids is 1. The Hall–Kier alpha value is -2.83. The monoisotopic (exact) mass is 263 g/mol. The normalized spacial score (nSPS) is 9.95. The van der Waals surface area contributed by atoms with Crippen LogP contribution < -0.4 is 9.47 Å². The maximum absolute atomic E-state index is 11.7. The quantitative estimate of drug-likeness (QED) is 0.660. The molecule has 7 heteroatoms. The molecule has 0 unspecified atom stereocenters. The van der Waals surface area contributed by atoms with Gasteiger partial charge in [0.2, 0.25) is 5.76 Å². The van der Waals surface area contributed by atoms with Crippen LogP contribution >= 0.6 is 0 Å². The molecule has 0 saturated carbocycles. The van der Waals surface area contributed by atoms with Gasteiger partial charge in [-0.15, -0.1) is 0 Å². The van der Waals surface area contributed by atoms with Crippen molar-refractivity contribution in [1.82, 2.24) is 5.16 Å². The molecule has 0 atom stereocenters. The number of benzene rings is 1. The van der Waals surface area contributed by atoms with Gasteiger partial charge in [-0.2, -0.15) is 0 Å². The van der Waals surface area contributed by atoms with Gasteiger partial charge >= 0.3 is 11.9 Å². The van der Waals surface area contributed by atoms with Gasteiger partial charge < -0.3 is 19.1 Å². The van der Waals surface area contributed by atoms with Gasteiger partial charge in [0.05, 0.1) is 7.11 Å². The Kier molecular flexibility index (Phi) is 3.46. The molecule has 0 aliphatic carbocycles. The standard InChI is InChI=1S/C12H9NO6/c1-17-7-3-2-4-8(5-7)18-12(16)9-6-10(11(14)15)19-13-9/h2-6H,1H3,(H,14,15). The lowest BCUT2D eigenvalue weighted by atomic mass is 10.3. The summed E-state index contributed by atoms with van der Waals surface area (Å²) in [4.78, 5) is 22.2. The van der Waals surface area contributed by atoms with E-state index in [0.29, 0.717) is 5.75 Å². The predicted molar refractivity (Wildman–Crippen MR) is 61.4 cm³/mol. The van der Waals surface area contributed by atoms with Crippen molar-refractivity contribution in [2.75, 3.05) is 7.11 Å². The highest BCUT2D eigenvalue weighted by molar-refractivity contribution is 5.92. The Bertz CT molecular complexity index is 618. The highest BCUT2D eigenvalue weighted by Gasteiger charge is 2.18. The lowest BCUT2D eigenvalue weighted by Gasteiger charge is -2.03. The summed E-state index contributed by atoms with van der Waals surface area (Å²) in [7, 11) is 1.48. The average molecular weight is 263 g/mol. The highest BCUT2D eigenvalue weighted by Crippen LogP contribution is 2.19. The fourth-order valence-electron chi connectivity index (χ4n) is 1.30. The number of nitrogens with zero attached hydrogens (tertiary/aromatic N) is 1. The van der Waals surface area contributed by atoms with E-state index in [1.807, 2.05) is 0 Å². The first-order chi connectivity index (χ1) is 9.10. The van der Waals surface area contributed by atoms with Gasteiger partial charge in [-0.3, -0.25) is 0 Å². The van der Waals surface area contributed by atoms with Crippen LogP contribution in [0.1, 0.15) is 21.0 Å². The molecule has 0 amide bonds. The van der Waals surface area contributed by atoms with Crippen molar-refractivity contribution < 1.29 is 28.7 Å². The second-order valence-electron chi connectivity index (χ2n) is 3.45. The lowest BCUT2D eigenvalue weighted by Crippen LogP contribution is -2.08. The molecular formula is C12H9NO6. The molecule has 0 radical (unpaired) electrons. The SMILES string of the molecule is COc1cccc(OC(=O)c2cc(C(=O)O)on2)c1. The lowest BCUT2D eigenvalue weighted by molar-refractivity contribution is 0.0647. The molecule has 1 N–H and O–H groups in total. The van der Waals surface area contributed by atoms with Gasteiger partial charge in [0.15, 0.2) is 5.69 Å². The number of hydrogen-bond donors (Lipinski definition) is 1. The van der Waals surface area contributed by atoms with Crippen molar-refractivity contribution in [2.45, 2.75) is 0 Å². The summed E-state index contributed by atoms with van der Waals surface area (Å²) in [5.41, 5.74) is -0.222. The number of carboxylic acids is 1. The van der Waals surface area contributed by atoms with Gasteiger partial charge in [0.1, 0.15) is 11.5 Å². The van der Waals surface area contributed by atoms with E-state index in [2.05, 4.69) is 9.68 Å². The maximum Gasteiger partial charge on any atom is 0.374 e. The maximum atomic E-state index is 11.7. The summed E-state index contributed by atoms with van der Waals surface area (Å²) >= 11 is 0. The van der Waals surface area contributed by atoms with Gasteiger partial charge in [-0.1, -0.05) is 11.2 Å². The van der Waals surface area contributed by atoms with Gasteiger partial charge in [0.25, 0.3) is 0 Å². The molecule has 19 heavy (non-hydrogen) atoms. The Balaban J connectivity index is 2.13. The molecule has 0 saturated heterocycles. The Morgan fingerprint density at radius 3 is 2.63 bits per heavy atom. The van der Waals surface area contributed by atoms with E-state index >= 15 is 0 Å². The fraction of sp³-hybridized carbons (Fsp3) is 0.0833. The molecule has 7 nitrogen and oxygen atoms in total. The van der Waals surface area contributed by atoms with Crippen molar-refractivity contribution in [3.8, 4) is 11.5 Å². The number of aromatic carboxylic acids is 1. The third-order valence-corrected chi connectivity index (χ3v) is 2.18. The Morgan fingerprint density at radius 2 is 2.00 bits per heavy atom. The molecule has 2 rings (SSSR count). The van der Waals surface area contributed by atoms with Crippen LogP contribution in [-0.4, -0.2) is 29.3 Å². The van der Waals surface area contributed by atoms with Crippen molar-refractivity contribution in [2.24, 2.45) is 0 Å². The number of rotatable bonds is 4. The summed E-state index contributed by atoms with van der Waals surface area (Å²) in [5.74, 6) is -1.78. The summed E-state index contributed by atoms with van der Waals surface area (Å²) in [6.45, 7) is 0. The molecule has 0 fully saturated rings. The van der Waals surface area contributed by atoms with Crippen LogP contribution in [0.15, 0.2) is 34.9 Å². The van der Waals surface area contributed by atoms with Gasteiger partial charge in [-0.25, -0.2) is 9.59 Å². The predicted octanol–water partition coefficient (Wildman–Crippen LogP) is 1.60. The van der Waals surface area contributed by atoms with Crippen molar-refractivity contribution >= 4 is 11.9 Å². The third kappa shape index (κ3) is 2.89. The molecule has 1 aromatic carbocycles. The molecular weight excluding hydrogens is 254 g/mol. The zero-order valence-electron chi connectivity index (χ0n) is 9.82. The molecule has 0 aliphatic rings. The van der Waals surface area contributed by atoms with E-state index in [0.717, 1.165) is 6.07 Å². The minimum atomic E-state index is -1.31. The summed E-state index contributed by atoms with van der Waals surface area (Å²) < 4.78 is 14.4. The number of esters is 1. The number of methoxy groups -OCH3 is 1. The average Bonchev–Trinajstić information content (AvgIpc) is 2.89. The number of carbonyl (C=O) groups is 2. The second kappa shape index (κ2) is 5.21. The molecule has 1 aromatic heterocycles. The highest BCUT2D eigenvalue weighted by atomic mass is 16.5. The topological polar surface area (TPSA) is 98.9 Å². The fourth-order valence-corrected chi connectivity index (χ4v) is 1.30. The second-order valence-corrected chi connectivity index (χ2v) is 3.45. The summed E-state index contributed by atoms with van der Waals surface area (Å²) in [5, 5.41) is 12.0. The number of ether oxygens (including phenoxy) is 2. The summed E-state index contributed by atoms with van der Waals surface area (Å²) in [6, 6.07) is 7.39. The van der Waals surface area contributed by atoms with Crippen molar-refractivity contribution in [3.05, 3.63) is 41.8 Å². The largest absolute Gasteiger partial charge is 0.497 e. The first-order valence-corrected chi connectivity index (χ1v) is 5.16. The van der Waals surface area contributed by atoms with Crippen LogP contribution in [0.25, 0.3) is 0 Å². The molecule has 1 heterocycles. The van der Waals surface area contributed by atoms with Crippen molar-refractivity contribution in [3.63, 3.8) is 0 Å². The van der Waals surface area contributed by atoms with Crippen LogP contribution in [-0.2, 0) is 0 Å². The number of carboxylic acid groups (broad SMARTS) is 1.